The van der Waals surface area contributed by atoms with Gasteiger partial charge in [-0.05, 0) is 40.5 Å². The Bertz CT molecular complexity index is 525. The molecule has 8 heteroatoms. The largest absolute Gasteiger partial charge is 0.383 e. The maximum Gasteiger partial charge on any atom is 0.241 e. The highest BCUT2D eigenvalue weighted by atomic mass is 79.9. The number of methoxy groups -OCH3 is 1. The topological polar surface area (TPSA) is 55.4 Å². The Balaban J connectivity index is 2.68. The minimum atomic E-state index is -3.55. The average Bonchev–Trinajstić information content (AvgIpc) is 2.32. The van der Waals surface area contributed by atoms with Crippen molar-refractivity contribution in [2.24, 2.45) is 0 Å². The van der Waals surface area contributed by atoms with Crippen molar-refractivity contribution in [1.29, 1.82) is 0 Å². The highest BCUT2D eigenvalue weighted by molar-refractivity contribution is 9.11. The van der Waals surface area contributed by atoms with E-state index < -0.39 is 10.0 Å². The third-order valence-corrected chi connectivity index (χ3v) is 5.57. The van der Waals surface area contributed by atoms with Gasteiger partial charge in [-0.15, -0.1) is 11.6 Å². The minimum absolute atomic E-state index is 0.194. The molecule has 0 bridgehead atoms. The van der Waals surface area contributed by atoms with Crippen molar-refractivity contribution >= 4 is 53.5 Å². The number of hydrogen-bond donors (Lipinski definition) is 1. The maximum absolute atomic E-state index is 12.1. The standard InChI is InChI=1S/C11H14Br2ClNO3S/c1-18-7-9(14)4-5-15-19(16,17)11-6-8(12)2-3-10(11)13/h2-3,6,9,15H,4-5,7H2,1H3. The number of nitrogens with one attached hydrogen (secondary N) is 1. The van der Waals surface area contributed by atoms with Crippen LogP contribution in [0.5, 0.6) is 0 Å². The molecular formula is C11H14Br2ClNO3S. The Hall–Kier alpha value is 0.340. The van der Waals surface area contributed by atoms with E-state index in [2.05, 4.69) is 36.6 Å². The van der Waals surface area contributed by atoms with Crippen LogP contribution in [0.3, 0.4) is 0 Å². The molecule has 1 rings (SSSR count). The second-order valence-corrected chi connectivity index (χ2v) is 7.94. The first kappa shape index (κ1) is 17.4. The predicted octanol–water partition coefficient (Wildman–Crippen LogP) is 3.13. The summed E-state index contributed by atoms with van der Waals surface area (Å²) in [6.07, 6.45) is 0.500. The number of rotatable bonds is 7. The molecule has 0 aliphatic carbocycles. The summed E-state index contributed by atoms with van der Waals surface area (Å²) in [5, 5.41) is -0.210. The van der Waals surface area contributed by atoms with Gasteiger partial charge in [0.15, 0.2) is 0 Å². The number of alkyl halides is 1. The third kappa shape index (κ3) is 5.69. The normalized spacial score (nSPS) is 13.5. The molecule has 0 spiro atoms. The van der Waals surface area contributed by atoms with Crippen LogP contribution >= 0.6 is 43.5 Å². The summed E-state index contributed by atoms with van der Waals surface area (Å²) in [5.41, 5.74) is 0. The first-order valence-electron chi connectivity index (χ1n) is 5.44. The van der Waals surface area contributed by atoms with Crippen LogP contribution in [-0.4, -0.2) is 34.1 Å². The first-order valence-corrected chi connectivity index (χ1v) is 8.95. The Morgan fingerprint density at radius 1 is 1.42 bits per heavy atom. The summed E-state index contributed by atoms with van der Waals surface area (Å²) in [6.45, 7) is 0.655. The highest BCUT2D eigenvalue weighted by Gasteiger charge is 2.18. The van der Waals surface area contributed by atoms with Crippen molar-refractivity contribution in [2.75, 3.05) is 20.3 Å². The molecule has 108 valence electrons. The predicted molar refractivity (Wildman–Crippen MR) is 83.2 cm³/mol. The van der Waals surface area contributed by atoms with Gasteiger partial charge in [0, 0.05) is 22.6 Å². The quantitative estimate of drug-likeness (QED) is 0.670. The number of benzene rings is 1. The number of sulfonamides is 1. The van der Waals surface area contributed by atoms with Crippen LogP contribution in [0.2, 0.25) is 0 Å². The molecule has 1 atom stereocenters. The lowest BCUT2D eigenvalue weighted by molar-refractivity contribution is 0.196. The lowest BCUT2D eigenvalue weighted by Gasteiger charge is -2.11. The van der Waals surface area contributed by atoms with Crippen LogP contribution < -0.4 is 4.72 Å². The van der Waals surface area contributed by atoms with Gasteiger partial charge in [-0.2, -0.15) is 0 Å². The van der Waals surface area contributed by atoms with Gasteiger partial charge >= 0.3 is 0 Å². The number of ether oxygens (including phenoxy) is 1. The molecule has 0 fully saturated rings. The molecule has 0 saturated heterocycles. The van der Waals surface area contributed by atoms with Crippen molar-refractivity contribution in [3.63, 3.8) is 0 Å². The highest BCUT2D eigenvalue weighted by Crippen LogP contribution is 2.25. The maximum atomic E-state index is 12.1. The lowest BCUT2D eigenvalue weighted by atomic mass is 10.3. The summed E-state index contributed by atoms with van der Waals surface area (Å²) >= 11 is 12.4. The third-order valence-electron chi connectivity index (χ3n) is 2.28. The van der Waals surface area contributed by atoms with Crippen LogP contribution in [-0.2, 0) is 14.8 Å². The molecule has 0 aliphatic rings. The molecule has 1 aromatic carbocycles. The van der Waals surface area contributed by atoms with Gasteiger partial charge in [-0.3, -0.25) is 0 Å². The molecular weight excluding hydrogens is 421 g/mol. The molecule has 0 heterocycles. The number of hydrogen-bond acceptors (Lipinski definition) is 3. The van der Waals surface area contributed by atoms with Gasteiger partial charge in [0.25, 0.3) is 0 Å². The number of halogens is 3. The molecule has 1 aromatic rings. The molecule has 0 radical (unpaired) electrons. The van der Waals surface area contributed by atoms with E-state index in [9.17, 15) is 8.42 Å². The average molecular weight is 436 g/mol. The second-order valence-electron chi connectivity index (χ2n) is 3.81. The van der Waals surface area contributed by atoms with Crippen molar-refractivity contribution in [1.82, 2.24) is 4.72 Å². The fraction of sp³-hybridized carbons (Fsp3) is 0.455. The van der Waals surface area contributed by atoms with E-state index in [1.54, 1.807) is 25.3 Å². The van der Waals surface area contributed by atoms with Crippen molar-refractivity contribution in [3.05, 3.63) is 27.1 Å². The molecule has 4 nitrogen and oxygen atoms in total. The van der Waals surface area contributed by atoms with Gasteiger partial charge in [-0.1, -0.05) is 15.9 Å². The van der Waals surface area contributed by atoms with Crippen LogP contribution in [0.1, 0.15) is 6.42 Å². The van der Waals surface area contributed by atoms with Crippen molar-refractivity contribution < 1.29 is 13.2 Å². The van der Waals surface area contributed by atoms with Crippen LogP contribution in [0.4, 0.5) is 0 Å². The second kappa shape index (κ2) is 7.95. The van der Waals surface area contributed by atoms with E-state index in [-0.39, 0.29) is 16.8 Å². The van der Waals surface area contributed by atoms with Gasteiger partial charge in [0.1, 0.15) is 0 Å². The summed E-state index contributed by atoms with van der Waals surface area (Å²) in [5.74, 6) is 0. The molecule has 0 aromatic heterocycles. The van der Waals surface area contributed by atoms with Gasteiger partial charge in [0.05, 0.1) is 16.9 Å². The minimum Gasteiger partial charge on any atom is -0.383 e. The molecule has 0 aliphatic heterocycles. The summed E-state index contributed by atoms with van der Waals surface area (Å²) in [7, 11) is -2.00. The summed E-state index contributed by atoms with van der Waals surface area (Å²) in [6, 6.07) is 4.98. The monoisotopic (exact) mass is 433 g/mol. The summed E-state index contributed by atoms with van der Waals surface area (Å²) < 4.78 is 32.8. The van der Waals surface area contributed by atoms with Crippen molar-refractivity contribution in [3.8, 4) is 0 Å². The van der Waals surface area contributed by atoms with Gasteiger partial charge in [0.2, 0.25) is 10.0 Å². The Morgan fingerprint density at radius 2 is 2.11 bits per heavy atom. The lowest BCUT2D eigenvalue weighted by Crippen LogP contribution is -2.27. The van der Waals surface area contributed by atoms with Crippen molar-refractivity contribution in [2.45, 2.75) is 16.7 Å². The molecule has 19 heavy (non-hydrogen) atoms. The van der Waals surface area contributed by atoms with Crippen LogP contribution in [0.25, 0.3) is 0 Å². The van der Waals surface area contributed by atoms with Crippen LogP contribution in [0, 0.1) is 0 Å². The summed E-state index contributed by atoms with van der Waals surface area (Å²) in [4.78, 5) is 0.194. The van der Waals surface area contributed by atoms with E-state index in [1.807, 2.05) is 0 Å². The molecule has 0 amide bonds. The van der Waals surface area contributed by atoms with Gasteiger partial charge < -0.3 is 4.74 Å². The van der Waals surface area contributed by atoms with E-state index in [4.69, 9.17) is 16.3 Å². The molecule has 0 saturated carbocycles. The fourth-order valence-electron chi connectivity index (χ4n) is 1.37. The van der Waals surface area contributed by atoms with E-state index in [1.165, 1.54) is 0 Å². The molecule has 1 unspecified atom stereocenters. The van der Waals surface area contributed by atoms with Gasteiger partial charge in [-0.25, -0.2) is 13.1 Å². The fourth-order valence-corrected chi connectivity index (χ4v) is 4.16. The zero-order valence-electron chi connectivity index (χ0n) is 10.2. The van der Waals surface area contributed by atoms with E-state index in [0.717, 1.165) is 0 Å². The Labute approximate surface area is 135 Å². The molecule has 1 N–H and O–H groups in total. The van der Waals surface area contributed by atoms with E-state index >= 15 is 0 Å². The first-order chi connectivity index (χ1) is 8.86. The SMILES string of the molecule is COCC(Cl)CCNS(=O)(=O)c1cc(Br)ccc1Br. The zero-order chi connectivity index (χ0) is 14.5. The zero-order valence-corrected chi connectivity index (χ0v) is 14.9. The Morgan fingerprint density at radius 3 is 2.74 bits per heavy atom. The smallest absolute Gasteiger partial charge is 0.241 e. The Kier molecular flexibility index (Phi) is 7.28. The van der Waals surface area contributed by atoms with Crippen LogP contribution in [0.15, 0.2) is 32.0 Å². The van der Waals surface area contributed by atoms with E-state index in [0.29, 0.717) is 22.0 Å².